The molecule has 3 aromatic rings. The molecule has 2 aromatic heterocycles. The molecule has 0 bridgehead atoms. The van der Waals surface area contributed by atoms with Crippen LogP contribution in [0.4, 0.5) is 5.82 Å². The fourth-order valence-electron chi connectivity index (χ4n) is 3.78. The number of ether oxygens (including phenoxy) is 1. The van der Waals surface area contributed by atoms with Crippen LogP contribution in [0.1, 0.15) is 47.3 Å². The summed E-state index contributed by atoms with van der Waals surface area (Å²) >= 11 is 0. The second kappa shape index (κ2) is 9.09. The molecule has 0 aliphatic heterocycles. The molecule has 156 valence electrons. The molecule has 0 saturated heterocycles. The molecule has 1 fully saturated rings. The molecule has 1 aliphatic carbocycles. The maximum Gasteiger partial charge on any atom is 0.272 e. The van der Waals surface area contributed by atoms with Crippen molar-refractivity contribution in [3.63, 3.8) is 0 Å². The predicted octanol–water partition coefficient (Wildman–Crippen LogP) is 3.47. The Morgan fingerprint density at radius 2 is 1.90 bits per heavy atom. The molecule has 30 heavy (non-hydrogen) atoms. The lowest BCUT2D eigenvalue weighted by Crippen LogP contribution is -2.34. The van der Waals surface area contributed by atoms with Gasteiger partial charge in [0, 0.05) is 12.2 Å². The average Bonchev–Trinajstić information content (AvgIpc) is 3.35. The first-order valence-electron chi connectivity index (χ1n) is 10.3. The number of carbonyl (C=O) groups excluding carboxylic acids is 2. The fraction of sp³-hybridized carbons (Fsp3) is 0.348. The highest BCUT2D eigenvalue weighted by Gasteiger charge is 2.24. The number of hydrogen-bond donors (Lipinski definition) is 2. The van der Waals surface area contributed by atoms with Crippen molar-refractivity contribution in [2.45, 2.75) is 45.3 Å². The molecular weight excluding hydrogens is 380 g/mol. The highest BCUT2D eigenvalue weighted by atomic mass is 16.5. The number of hydrogen-bond acceptors (Lipinski definition) is 4. The molecule has 4 rings (SSSR count). The minimum atomic E-state index is -0.346. The summed E-state index contributed by atoms with van der Waals surface area (Å²) in [6.45, 7) is 2.17. The standard InChI is InChI=1S/C23H26N4O3/c1-16-11-12-19-25-22(26-20(28)15-30-14-17-7-3-2-4-8-17)21(27(19)13-16)23(29)24-18-9-5-6-10-18/h2-4,7-8,11-13,18H,5-6,9-10,14-15H2,1H3,(H,24,29)(H,26,28). The normalized spacial score (nSPS) is 14.2. The zero-order valence-corrected chi connectivity index (χ0v) is 17.1. The second-order valence-electron chi connectivity index (χ2n) is 7.73. The number of nitrogens with one attached hydrogen (secondary N) is 2. The zero-order chi connectivity index (χ0) is 20.9. The topological polar surface area (TPSA) is 84.7 Å². The molecule has 7 heteroatoms. The van der Waals surface area contributed by atoms with Crippen molar-refractivity contribution in [1.82, 2.24) is 14.7 Å². The van der Waals surface area contributed by atoms with Gasteiger partial charge in [-0.05, 0) is 37.0 Å². The number of benzene rings is 1. The molecule has 7 nitrogen and oxygen atoms in total. The van der Waals surface area contributed by atoms with E-state index < -0.39 is 0 Å². The predicted molar refractivity (Wildman–Crippen MR) is 114 cm³/mol. The number of anilines is 1. The van der Waals surface area contributed by atoms with E-state index in [-0.39, 0.29) is 30.3 Å². The van der Waals surface area contributed by atoms with Crippen molar-refractivity contribution in [3.8, 4) is 0 Å². The Kier molecular flexibility index (Phi) is 6.09. The lowest BCUT2D eigenvalue weighted by atomic mass is 10.2. The van der Waals surface area contributed by atoms with Crippen molar-refractivity contribution < 1.29 is 14.3 Å². The Morgan fingerprint density at radius 3 is 2.67 bits per heavy atom. The van der Waals surface area contributed by atoms with E-state index in [0.717, 1.165) is 36.8 Å². The maximum absolute atomic E-state index is 13.0. The first-order valence-corrected chi connectivity index (χ1v) is 10.3. The van der Waals surface area contributed by atoms with Gasteiger partial charge in [-0.3, -0.25) is 14.0 Å². The van der Waals surface area contributed by atoms with Crippen LogP contribution in [0.2, 0.25) is 0 Å². The molecule has 2 N–H and O–H groups in total. The molecule has 1 aliphatic rings. The number of carbonyl (C=O) groups is 2. The van der Waals surface area contributed by atoms with Crippen LogP contribution in [-0.4, -0.2) is 33.8 Å². The zero-order valence-electron chi connectivity index (χ0n) is 17.1. The van der Waals surface area contributed by atoms with Gasteiger partial charge in [0.1, 0.15) is 12.3 Å². The molecule has 0 spiro atoms. The van der Waals surface area contributed by atoms with Crippen molar-refractivity contribution in [1.29, 1.82) is 0 Å². The quantitative estimate of drug-likeness (QED) is 0.629. The molecule has 2 amide bonds. The highest BCUT2D eigenvalue weighted by Crippen LogP contribution is 2.22. The van der Waals surface area contributed by atoms with E-state index in [9.17, 15) is 9.59 Å². The van der Waals surface area contributed by atoms with Crippen LogP contribution in [0.5, 0.6) is 0 Å². The number of fused-ring (bicyclic) bond motifs is 1. The van der Waals surface area contributed by atoms with Gasteiger partial charge in [-0.1, -0.05) is 49.2 Å². The summed E-state index contributed by atoms with van der Waals surface area (Å²) < 4.78 is 7.24. The summed E-state index contributed by atoms with van der Waals surface area (Å²) in [6, 6.07) is 13.6. The number of amides is 2. The van der Waals surface area contributed by atoms with Crippen molar-refractivity contribution >= 4 is 23.3 Å². The molecule has 0 unspecified atom stereocenters. The van der Waals surface area contributed by atoms with Crippen LogP contribution in [0.3, 0.4) is 0 Å². The van der Waals surface area contributed by atoms with Gasteiger partial charge >= 0.3 is 0 Å². The third-order valence-electron chi connectivity index (χ3n) is 5.27. The second-order valence-corrected chi connectivity index (χ2v) is 7.73. The smallest absolute Gasteiger partial charge is 0.272 e. The number of rotatable bonds is 7. The van der Waals surface area contributed by atoms with Crippen LogP contribution in [-0.2, 0) is 16.1 Å². The van der Waals surface area contributed by atoms with Crippen LogP contribution in [0, 0.1) is 6.92 Å². The Balaban J connectivity index is 1.49. The van der Waals surface area contributed by atoms with Crippen LogP contribution >= 0.6 is 0 Å². The average molecular weight is 406 g/mol. The number of pyridine rings is 1. The lowest BCUT2D eigenvalue weighted by molar-refractivity contribution is -0.121. The van der Waals surface area contributed by atoms with E-state index in [1.807, 2.05) is 55.6 Å². The van der Waals surface area contributed by atoms with Crippen LogP contribution < -0.4 is 10.6 Å². The Bertz CT molecular complexity index is 1040. The van der Waals surface area contributed by atoms with E-state index in [1.54, 1.807) is 4.40 Å². The number of aromatic nitrogens is 2. The third-order valence-corrected chi connectivity index (χ3v) is 5.27. The van der Waals surface area contributed by atoms with E-state index in [1.165, 1.54) is 0 Å². The van der Waals surface area contributed by atoms with E-state index in [0.29, 0.717) is 17.9 Å². The largest absolute Gasteiger partial charge is 0.367 e. The van der Waals surface area contributed by atoms with Crippen molar-refractivity contribution in [2.75, 3.05) is 11.9 Å². The molecule has 1 aromatic carbocycles. The van der Waals surface area contributed by atoms with Gasteiger partial charge in [0.2, 0.25) is 0 Å². The number of imidazole rings is 1. The van der Waals surface area contributed by atoms with Gasteiger partial charge in [-0.15, -0.1) is 0 Å². The third kappa shape index (κ3) is 4.68. The number of aryl methyl sites for hydroxylation is 1. The van der Waals surface area contributed by atoms with Gasteiger partial charge in [-0.25, -0.2) is 4.98 Å². The Hall–Kier alpha value is -3.19. The highest BCUT2D eigenvalue weighted by molar-refractivity contribution is 6.03. The lowest BCUT2D eigenvalue weighted by Gasteiger charge is -2.13. The minimum absolute atomic E-state index is 0.120. The Labute approximate surface area is 175 Å². The molecule has 0 atom stereocenters. The first kappa shape index (κ1) is 20.1. The van der Waals surface area contributed by atoms with Crippen molar-refractivity contribution in [3.05, 3.63) is 65.5 Å². The minimum Gasteiger partial charge on any atom is -0.367 e. The van der Waals surface area contributed by atoms with Crippen molar-refractivity contribution in [2.24, 2.45) is 0 Å². The van der Waals surface area contributed by atoms with Crippen LogP contribution in [0.15, 0.2) is 48.7 Å². The summed E-state index contributed by atoms with van der Waals surface area (Å²) in [5.74, 6) is -0.314. The fourth-order valence-corrected chi connectivity index (χ4v) is 3.78. The molecule has 1 saturated carbocycles. The summed E-state index contributed by atoms with van der Waals surface area (Å²) in [6.07, 6.45) is 6.07. The Morgan fingerprint density at radius 1 is 1.13 bits per heavy atom. The van der Waals surface area contributed by atoms with E-state index in [4.69, 9.17) is 4.74 Å². The molecular formula is C23H26N4O3. The van der Waals surface area contributed by atoms with E-state index >= 15 is 0 Å². The summed E-state index contributed by atoms with van der Waals surface area (Å²) in [5, 5.41) is 5.84. The van der Waals surface area contributed by atoms with Gasteiger partial charge in [0.25, 0.3) is 11.8 Å². The first-order chi connectivity index (χ1) is 14.6. The SMILES string of the molecule is Cc1ccc2nc(NC(=O)COCc3ccccc3)c(C(=O)NC3CCCC3)n2c1. The molecule has 0 radical (unpaired) electrons. The van der Waals surface area contributed by atoms with E-state index in [2.05, 4.69) is 15.6 Å². The monoisotopic (exact) mass is 406 g/mol. The summed E-state index contributed by atoms with van der Waals surface area (Å²) in [4.78, 5) is 30.0. The summed E-state index contributed by atoms with van der Waals surface area (Å²) in [7, 11) is 0. The van der Waals surface area contributed by atoms with Gasteiger partial charge in [0.15, 0.2) is 11.5 Å². The van der Waals surface area contributed by atoms with Crippen LogP contribution in [0.25, 0.3) is 5.65 Å². The van der Waals surface area contributed by atoms with Gasteiger partial charge < -0.3 is 15.4 Å². The number of nitrogens with zero attached hydrogens (tertiary/aromatic N) is 2. The van der Waals surface area contributed by atoms with Gasteiger partial charge in [0.05, 0.1) is 6.61 Å². The van der Waals surface area contributed by atoms with Gasteiger partial charge in [-0.2, -0.15) is 0 Å². The molecule has 2 heterocycles. The summed E-state index contributed by atoms with van der Waals surface area (Å²) in [5.41, 5.74) is 2.94. The maximum atomic E-state index is 13.0.